The number of ether oxygens (including phenoxy) is 1. The van der Waals surface area contributed by atoms with E-state index in [2.05, 4.69) is 11.9 Å². The van der Waals surface area contributed by atoms with Crippen molar-refractivity contribution in [1.29, 1.82) is 0 Å². The van der Waals surface area contributed by atoms with Gasteiger partial charge in [-0.15, -0.1) is 0 Å². The van der Waals surface area contributed by atoms with Gasteiger partial charge in [-0.05, 0) is 51.5 Å². The van der Waals surface area contributed by atoms with E-state index < -0.39 is 0 Å². The SMILES string of the molecule is CN1[C@@H]2CC[C@H]1C[C@@H](OCC1CCCCC1)C2. The highest BCUT2D eigenvalue weighted by Gasteiger charge is 2.38. The van der Waals surface area contributed by atoms with Crippen LogP contribution in [0.15, 0.2) is 0 Å². The van der Waals surface area contributed by atoms with Gasteiger partial charge in [-0.25, -0.2) is 0 Å². The Morgan fingerprint density at radius 2 is 1.59 bits per heavy atom. The molecule has 0 aromatic heterocycles. The van der Waals surface area contributed by atoms with Gasteiger partial charge in [0.2, 0.25) is 0 Å². The molecule has 2 heterocycles. The number of fused-ring (bicyclic) bond motifs is 2. The van der Waals surface area contributed by atoms with Gasteiger partial charge in [-0.2, -0.15) is 0 Å². The van der Waals surface area contributed by atoms with Crippen LogP contribution in [0.3, 0.4) is 0 Å². The normalized spacial score (nSPS) is 39.7. The zero-order valence-electron chi connectivity index (χ0n) is 11.2. The standard InChI is InChI=1S/C15H27NO/c1-16-13-7-8-14(16)10-15(9-13)17-11-12-5-3-2-4-6-12/h12-15H,2-11H2,1H3/t13-,14+,15+. The van der Waals surface area contributed by atoms with Crippen LogP contribution >= 0.6 is 0 Å². The first-order valence-electron chi connectivity index (χ1n) is 7.66. The second kappa shape index (κ2) is 5.27. The Balaban J connectivity index is 1.44. The van der Waals surface area contributed by atoms with Crippen LogP contribution in [0.2, 0.25) is 0 Å². The number of rotatable bonds is 3. The van der Waals surface area contributed by atoms with E-state index in [-0.39, 0.29) is 0 Å². The maximum Gasteiger partial charge on any atom is 0.0605 e. The fourth-order valence-electron chi connectivity index (χ4n) is 4.12. The van der Waals surface area contributed by atoms with Gasteiger partial charge in [0.25, 0.3) is 0 Å². The minimum atomic E-state index is 0.575. The summed E-state index contributed by atoms with van der Waals surface area (Å²) in [6.45, 7) is 1.05. The lowest BCUT2D eigenvalue weighted by atomic mass is 9.90. The highest BCUT2D eigenvalue weighted by Crippen LogP contribution is 2.36. The van der Waals surface area contributed by atoms with Crippen LogP contribution in [0, 0.1) is 5.92 Å². The molecule has 0 unspecified atom stereocenters. The molecule has 0 radical (unpaired) electrons. The summed E-state index contributed by atoms with van der Waals surface area (Å²) in [5, 5.41) is 0. The van der Waals surface area contributed by atoms with Crippen molar-refractivity contribution in [1.82, 2.24) is 4.90 Å². The molecule has 2 saturated heterocycles. The molecule has 0 spiro atoms. The van der Waals surface area contributed by atoms with Gasteiger partial charge < -0.3 is 9.64 Å². The van der Waals surface area contributed by atoms with Crippen molar-refractivity contribution in [2.24, 2.45) is 5.92 Å². The van der Waals surface area contributed by atoms with E-state index in [9.17, 15) is 0 Å². The van der Waals surface area contributed by atoms with Crippen molar-refractivity contribution in [3.63, 3.8) is 0 Å². The van der Waals surface area contributed by atoms with E-state index >= 15 is 0 Å². The zero-order chi connectivity index (χ0) is 11.7. The number of hydrogen-bond donors (Lipinski definition) is 0. The molecular weight excluding hydrogens is 210 g/mol. The smallest absolute Gasteiger partial charge is 0.0605 e. The monoisotopic (exact) mass is 237 g/mol. The van der Waals surface area contributed by atoms with Gasteiger partial charge >= 0.3 is 0 Å². The topological polar surface area (TPSA) is 12.5 Å². The quantitative estimate of drug-likeness (QED) is 0.747. The first-order valence-corrected chi connectivity index (χ1v) is 7.66. The van der Waals surface area contributed by atoms with Crippen molar-refractivity contribution in [2.45, 2.75) is 76.0 Å². The van der Waals surface area contributed by atoms with Crippen LogP contribution in [0.1, 0.15) is 57.8 Å². The molecule has 2 heteroatoms. The molecule has 3 atom stereocenters. The van der Waals surface area contributed by atoms with Crippen molar-refractivity contribution in [3.8, 4) is 0 Å². The van der Waals surface area contributed by atoms with Crippen molar-refractivity contribution in [3.05, 3.63) is 0 Å². The third kappa shape index (κ3) is 2.68. The summed E-state index contributed by atoms with van der Waals surface area (Å²) < 4.78 is 6.22. The van der Waals surface area contributed by atoms with Crippen molar-refractivity contribution >= 4 is 0 Å². The first-order chi connectivity index (χ1) is 8.33. The van der Waals surface area contributed by atoms with E-state index in [1.165, 1.54) is 57.8 Å². The summed E-state index contributed by atoms with van der Waals surface area (Å²) in [6.07, 6.45) is 13.1. The van der Waals surface area contributed by atoms with Crippen LogP contribution in [0.4, 0.5) is 0 Å². The molecule has 1 saturated carbocycles. The molecule has 98 valence electrons. The van der Waals surface area contributed by atoms with Gasteiger partial charge in [-0.3, -0.25) is 0 Å². The fraction of sp³-hybridized carbons (Fsp3) is 1.00. The van der Waals surface area contributed by atoms with E-state index in [0.29, 0.717) is 6.10 Å². The Bertz CT molecular complexity index is 235. The summed E-state index contributed by atoms with van der Waals surface area (Å²) in [4.78, 5) is 2.60. The predicted octanol–water partition coefficient (Wildman–Crippen LogP) is 3.21. The summed E-state index contributed by atoms with van der Waals surface area (Å²) >= 11 is 0. The lowest BCUT2D eigenvalue weighted by molar-refractivity contribution is -0.0306. The number of piperidine rings is 1. The minimum Gasteiger partial charge on any atom is -0.378 e. The molecule has 3 rings (SSSR count). The molecule has 1 aliphatic carbocycles. The molecule has 0 N–H and O–H groups in total. The van der Waals surface area contributed by atoms with Gasteiger partial charge in [-0.1, -0.05) is 19.3 Å². The molecule has 2 nitrogen and oxygen atoms in total. The third-order valence-corrected chi connectivity index (χ3v) is 5.35. The van der Waals surface area contributed by atoms with Crippen molar-refractivity contribution < 1.29 is 4.74 Å². The van der Waals surface area contributed by atoms with E-state index in [1.54, 1.807) is 0 Å². The Morgan fingerprint density at radius 1 is 0.941 bits per heavy atom. The Morgan fingerprint density at radius 3 is 2.24 bits per heavy atom. The average Bonchev–Trinajstić information content (AvgIpc) is 2.61. The van der Waals surface area contributed by atoms with Crippen LogP contribution in [0.25, 0.3) is 0 Å². The number of hydrogen-bond acceptors (Lipinski definition) is 2. The molecule has 17 heavy (non-hydrogen) atoms. The lowest BCUT2D eigenvalue weighted by Crippen LogP contribution is -2.43. The van der Waals surface area contributed by atoms with Crippen LogP contribution in [0.5, 0.6) is 0 Å². The van der Waals surface area contributed by atoms with E-state index in [1.807, 2.05) is 0 Å². The predicted molar refractivity (Wildman–Crippen MR) is 70.1 cm³/mol. The molecule has 0 aromatic carbocycles. The Kier molecular flexibility index (Phi) is 3.72. The first kappa shape index (κ1) is 12.0. The van der Waals surface area contributed by atoms with Gasteiger partial charge in [0, 0.05) is 18.7 Å². The van der Waals surface area contributed by atoms with Gasteiger partial charge in [0.15, 0.2) is 0 Å². The third-order valence-electron chi connectivity index (χ3n) is 5.35. The van der Waals surface area contributed by atoms with E-state index in [0.717, 1.165) is 24.6 Å². The Hall–Kier alpha value is -0.0800. The maximum atomic E-state index is 6.22. The fourth-order valence-corrected chi connectivity index (χ4v) is 4.12. The van der Waals surface area contributed by atoms with Crippen LogP contribution < -0.4 is 0 Å². The average molecular weight is 237 g/mol. The molecule has 0 amide bonds. The minimum absolute atomic E-state index is 0.575. The second-order valence-electron chi connectivity index (χ2n) is 6.48. The summed E-state index contributed by atoms with van der Waals surface area (Å²) in [7, 11) is 2.31. The highest BCUT2D eigenvalue weighted by molar-refractivity contribution is 4.94. The largest absolute Gasteiger partial charge is 0.378 e. The molecule has 0 aromatic rings. The molecule has 3 fully saturated rings. The molecule has 2 aliphatic heterocycles. The Labute approximate surface area is 106 Å². The molecule has 2 bridgehead atoms. The maximum absolute atomic E-state index is 6.22. The van der Waals surface area contributed by atoms with Crippen LogP contribution in [-0.4, -0.2) is 36.7 Å². The lowest BCUT2D eigenvalue weighted by Gasteiger charge is -2.37. The van der Waals surface area contributed by atoms with E-state index in [4.69, 9.17) is 4.74 Å². The van der Waals surface area contributed by atoms with Crippen LogP contribution in [-0.2, 0) is 4.74 Å². The van der Waals surface area contributed by atoms with Gasteiger partial charge in [0.1, 0.15) is 0 Å². The number of nitrogens with zero attached hydrogens (tertiary/aromatic N) is 1. The second-order valence-corrected chi connectivity index (χ2v) is 6.48. The molecule has 3 aliphatic rings. The summed E-state index contributed by atoms with van der Waals surface area (Å²) in [6, 6.07) is 1.65. The van der Waals surface area contributed by atoms with Crippen molar-refractivity contribution in [2.75, 3.05) is 13.7 Å². The summed E-state index contributed by atoms with van der Waals surface area (Å²) in [5.74, 6) is 0.876. The van der Waals surface area contributed by atoms with Gasteiger partial charge in [0.05, 0.1) is 6.10 Å². The zero-order valence-corrected chi connectivity index (χ0v) is 11.2. The molecular formula is C15H27NO. The highest BCUT2D eigenvalue weighted by atomic mass is 16.5. The summed E-state index contributed by atoms with van der Waals surface area (Å²) in [5.41, 5.74) is 0.